The Morgan fingerprint density at radius 2 is 2.27 bits per heavy atom. The van der Waals surface area contributed by atoms with Gasteiger partial charge in [-0.3, -0.25) is 4.68 Å². The molecule has 0 aliphatic heterocycles. The highest BCUT2D eigenvalue weighted by Crippen LogP contribution is 2.36. The molecule has 1 aliphatic carbocycles. The summed E-state index contributed by atoms with van der Waals surface area (Å²) in [7, 11) is 0. The van der Waals surface area contributed by atoms with Gasteiger partial charge in [-0.15, -0.1) is 0 Å². The fourth-order valence-corrected chi connectivity index (χ4v) is 1.85. The second-order valence-corrected chi connectivity index (χ2v) is 3.93. The number of hydrogen-bond donors (Lipinski definition) is 0. The molecule has 0 radical (unpaired) electrons. The van der Waals surface area contributed by atoms with Crippen LogP contribution in [0.25, 0.3) is 17.1 Å². The van der Waals surface area contributed by atoms with E-state index in [1.165, 1.54) is 12.8 Å². The number of fused-ring (bicyclic) bond motifs is 1. The third kappa shape index (κ3) is 1.25. The summed E-state index contributed by atoms with van der Waals surface area (Å²) in [6, 6.07) is 0.569. The van der Waals surface area contributed by atoms with E-state index in [0.717, 1.165) is 16.7 Å². The minimum Gasteiger partial charge on any atom is -0.258 e. The molecule has 0 atom stereocenters. The van der Waals surface area contributed by atoms with Gasteiger partial charge in [-0.25, -0.2) is 9.97 Å². The van der Waals surface area contributed by atoms with E-state index < -0.39 is 0 Å². The first-order valence-electron chi connectivity index (χ1n) is 5.14. The Labute approximate surface area is 87.7 Å². The quantitative estimate of drug-likeness (QED) is 0.745. The fraction of sp³-hybridized carbons (Fsp3) is 0.364. The second kappa shape index (κ2) is 2.89. The Hall–Kier alpha value is -1.71. The Kier molecular flexibility index (Phi) is 1.65. The Balaban J connectivity index is 2.29. The van der Waals surface area contributed by atoms with Crippen molar-refractivity contribution in [2.45, 2.75) is 25.8 Å². The fourth-order valence-electron chi connectivity index (χ4n) is 1.85. The molecule has 0 unspecified atom stereocenters. The van der Waals surface area contributed by atoms with Crippen molar-refractivity contribution < 1.29 is 0 Å². The van der Waals surface area contributed by atoms with Gasteiger partial charge in [0.2, 0.25) is 0 Å². The van der Waals surface area contributed by atoms with Crippen LogP contribution in [0.1, 0.15) is 30.4 Å². The van der Waals surface area contributed by atoms with E-state index in [4.69, 9.17) is 0 Å². The molecule has 0 N–H and O–H groups in total. The molecular weight excluding hydrogens is 188 g/mol. The molecule has 1 fully saturated rings. The van der Waals surface area contributed by atoms with E-state index in [2.05, 4.69) is 26.3 Å². The van der Waals surface area contributed by atoms with Crippen LogP contribution < -0.4 is 0 Å². The summed E-state index contributed by atoms with van der Waals surface area (Å²) in [6.45, 7) is 5.68. The highest BCUT2D eigenvalue weighted by atomic mass is 15.3. The molecule has 0 spiro atoms. The molecule has 1 saturated carbocycles. The zero-order valence-corrected chi connectivity index (χ0v) is 8.64. The molecular formula is C11H12N4. The van der Waals surface area contributed by atoms with Crippen LogP contribution >= 0.6 is 0 Å². The number of aromatic nitrogens is 4. The van der Waals surface area contributed by atoms with E-state index in [1.807, 2.05) is 13.1 Å². The lowest BCUT2D eigenvalue weighted by Gasteiger charge is -2.03. The van der Waals surface area contributed by atoms with Gasteiger partial charge in [0.15, 0.2) is 5.82 Å². The van der Waals surface area contributed by atoms with Gasteiger partial charge in [0.05, 0.1) is 17.9 Å². The summed E-state index contributed by atoms with van der Waals surface area (Å²) in [6.07, 6.45) is 5.93. The van der Waals surface area contributed by atoms with Gasteiger partial charge in [0.25, 0.3) is 0 Å². The third-order valence-electron chi connectivity index (χ3n) is 2.71. The molecule has 1 aliphatic rings. The van der Waals surface area contributed by atoms with Crippen LogP contribution in [0.3, 0.4) is 0 Å². The molecule has 3 rings (SSSR count). The monoisotopic (exact) mass is 200 g/mol. The molecule has 2 heterocycles. The lowest BCUT2D eigenvalue weighted by molar-refractivity contribution is 0.662. The zero-order valence-electron chi connectivity index (χ0n) is 8.64. The highest BCUT2D eigenvalue weighted by molar-refractivity contribution is 5.77. The molecule has 0 amide bonds. The second-order valence-electron chi connectivity index (χ2n) is 3.93. The van der Waals surface area contributed by atoms with Gasteiger partial charge < -0.3 is 0 Å². The van der Waals surface area contributed by atoms with Crippen LogP contribution in [0.15, 0.2) is 12.8 Å². The summed E-state index contributed by atoms with van der Waals surface area (Å²) in [5, 5.41) is 4.37. The van der Waals surface area contributed by atoms with Crippen molar-refractivity contribution in [1.82, 2.24) is 19.7 Å². The smallest absolute Gasteiger partial charge is 0.152 e. The minimum atomic E-state index is 0.569. The Morgan fingerprint density at radius 3 is 2.93 bits per heavy atom. The van der Waals surface area contributed by atoms with Gasteiger partial charge in [0, 0.05) is 0 Å². The first-order chi connectivity index (χ1) is 7.29. The third-order valence-corrected chi connectivity index (χ3v) is 2.71. The number of aryl methyl sites for hydroxylation is 1. The van der Waals surface area contributed by atoms with E-state index in [1.54, 1.807) is 6.08 Å². The standard InChI is InChI=1S/C11H12N4/c1-3-10-13-7(2)11-9(14-10)6-12-15(11)8-4-5-8/h3,6,8H,1,4-5H2,2H3. The predicted octanol–water partition coefficient (Wildman–Crippen LogP) is 2.11. The van der Waals surface area contributed by atoms with Crippen molar-refractivity contribution in [3.63, 3.8) is 0 Å². The Bertz CT molecular complexity index is 537. The van der Waals surface area contributed by atoms with Crippen molar-refractivity contribution in [2.75, 3.05) is 0 Å². The predicted molar refractivity (Wildman–Crippen MR) is 58.4 cm³/mol. The lowest BCUT2D eigenvalue weighted by Crippen LogP contribution is -2.00. The molecule has 76 valence electrons. The normalized spacial score (nSPS) is 15.8. The van der Waals surface area contributed by atoms with Crippen molar-refractivity contribution in [2.24, 2.45) is 0 Å². The van der Waals surface area contributed by atoms with Crippen molar-refractivity contribution in [3.05, 3.63) is 24.3 Å². The van der Waals surface area contributed by atoms with Crippen LogP contribution in [-0.2, 0) is 0 Å². The molecule has 2 aromatic heterocycles. The van der Waals surface area contributed by atoms with Crippen LogP contribution in [0, 0.1) is 6.92 Å². The zero-order chi connectivity index (χ0) is 10.4. The topological polar surface area (TPSA) is 43.6 Å². The van der Waals surface area contributed by atoms with Gasteiger partial charge in [-0.1, -0.05) is 6.58 Å². The van der Waals surface area contributed by atoms with Gasteiger partial charge in [-0.2, -0.15) is 5.10 Å². The van der Waals surface area contributed by atoms with Crippen molar-refractivity contribution >= 4 is 17.1 Å². The summed E-state index contributed by atoms with van der Waals surface area (Å²) in [5.41, 5.74) is 2.98. The summed E-state index contributed by atoms with van der Waals surface area (Å²) >= 11 is 0. The SMILES string of the molecule is C=Cc1nc(C)c2c(cnn2C2CC2)n1. The maximum Gasteiger partial charge on any atom is 0.152 e. The summed E-state index contributed by atoms with van der Waals surface area (Å²) in [5.74, 6) is 0.676. The molecule has 0 aromatic carbocycles. The number of nitrogens with zero attached hydrogens (tertiary/aromatic N) is 4. The molecule has 2 aromatic rings. The maximum absolute atomic E-state index is 4.37. The largest absolute Gasteiger partial charge is 0.258 e. The first-order valence-corrected chi connectivity index (χ1v) is 5.14. The molecule has 0 bridgehead atoms. The Morgan fingerprint density at radius 1 is 1.47 bits per heavy atom. The van der Waals surface area contributed by atoms with Crippen LogP contribution in [0.4, 0.5) is 0 Å². The van der Waals surface area contributed by atoms with Crippen LogP contribution in [0.5, 0.6) is 0 Å². The van der Waals surface area contributed by atoms with E-state index in [0.29, 0.717) is 11.9 Å². The average molecular weight is 200 g/mol. The van der Waals surface area contributed by atoms with E-state index in [9.17, 15) is 0 Å². The van der Waals surface area contributed by atoms with E-state index in [-0.39, 0.29) is 0 Å². The van der Waals surface area contributed by atoms with Gasteiger partial charge in [-0.05, 0) is 25.8 Å². The lowest BCUT2D eigenvalue weighted by atomic mass is 10.3. The summed E-state index contributed by atoms with van der Waals surface area (Å²) in [4.78, 5) is 8.75. The van der Waals surface area contributed by atoms with Crippen molar-refractivity contribution in [3.8, 4) is 0 Å². The highest BCUT2D eigenvalue weighted by Gasteiger charge is 2.27. The number of hydrogen-bond acceptors (Lipinski definition) is 3. The first kappa shape index (κ1) is 8.59. The molecule has 4 nitrogen and oxygen atoms in total. The van der Waals surface area contributed by atoms with Gasteiger partial charge in [0.1, 0.15) is 11.0 Å². The maximum atomic E-state index is 4.37. The average Bonchev–Trinajstić information content (AvgIpc) is 2.99. The molecule has 4 heteroatoms. The summed E-state index contributed by atoms with van der Waals surface area (Å²) < 4.78 is 2.05. The molecule has 15 heavy (non-hydrogen) atoms. The van der Waals surface area contributed by atoms with Crippen molar-refractivity contribution in [1.29, 1.82) is 0 Å². The van der Waals surface area contributed by atoms with E-state index >= 15 is 0 Å². The van der Waals surface area contributed by atoms with Crippen LogP contribution in [0.2, 0.25) is 0 Å². The van der Waals surface area contributed by atoms with Gasteiger partial charge >= 0.3 is 0 Å². The number of rotatable bonds is 2. The van der Waals surface area contributed by atoms with Crippen LogP contribution in [-0.4, -0.2) is 19.7 Å². The molecule has 0 saturated heterocycles. The minimum absolute atomic E-state index is 0.569.